The van der Waals surface area contributed by atoms with Crippen LogP contribution in [0, 0.1) is 24.2 Å². The van der Waals surface area contributed by atoms with Gasteiger partial charge in [-0.25, -0.2) is 9.97 Å². The second-order valence-electron chi connectivity index (χ2n) is 20.4. The van der Waals surface area contributed by atoms with Crippen LogP contribution >= 0.6 is 11.3 Å². The fraction of sp³-hybridized carbons (Fsp3) is 0.375. The molecule has 0 bridgehead atoms. The average Bonchev–Trinajstić information content (AvgIpc) is 4.30. The van der Waals surface area contributed by atoms with Crippen LogP contribution in [0.1, 0.15) is 72.8 Å². The van der Waals surface area contributed by atoms with Gasteiger partial charge in [-0.1, -0.05) is 56.9 Å². The number of likely N-dealkylation sites (tertiary alicyclic amines) is 1. The molecule has 9 rings (SSSR count). The first-order valence-corrected chi connectivity index (χ1v) is 26.1. The number of hydrogen-bond acceptors (Lipinski definition) is 11. The number of aliphatic hydroxyl groups excluding tert-OH is 1. The minimum Gasteiger partial charge on any atom is -0.391 e. The minimum absolute atomic E-state index is 0.00194. The van der Waals surface area contributed by atoms with Crippen LogP contribution in [0.3, 0.4) is 0 Å². The molecule has 4 amide bonds. The number of halogens is 3. The Morgan fingerprint density at radius 1 is 0.908 bits per heavy atom. The third-order valence-corrected chi connectivity index (χ3v) is 14.8. The molecule has 3 atom stereocenters. The van der Waals surface area contributed by atoms with E-state index in [0.29, 0.717) is 40.9 Å². The van der Waals surface area contributed by atoms with Crippen LogP contribution in [-0.4, -0.2) is 127 Å². The zero-order chi connectivity index (χ0) is 53.9. The summed E-state index contributed by atoms with van der Waals surface area (Å²) < 4.78 is 43.2. The van der Waals surface area contributed by atoms with Crippen LogP contribution in [0.2, 0.25) is 0 Å². The molecule has 0 saturated carbocycles. The van der Waals surface area contributed by atoms with Crippen molar-refractivity contribution < 1.29 is 37.5 Å². The van der Waals surface area contributed by atoms with Crippen LogP contribution in [0.25, 0.3) is 38.1 Å². The SMILES string of the molecule is Cc1ncsc1-c1ccc(CNC(=O)C2CC(O)CN2C(=O)C(NC(=O)CCCN2CCN(c3ccc(C#CCNC(=O)c4ccc5c(c4)c4cn(C)nc4n5-c4ccc(C(F)(F)F)cc4)cn3)CC2)C(C)(C)C)cc1. The molecular formula is C56H60F3N11O5S. The zero-order valence-electron chi connectivity index (χ0n) is 42.9. The number of alkyl halides is 3. The van der Waals surface area contributed by atoms with Crippen LogP contribution in [0.5, 0.6) is 0 Å². The standard InChI is InChI=1S/C56H60F3N11O5S/c1-35-49(76-34-63-35)38-13-10-37(11-14-38)31-62-53(74)46-29-42(71)32-69(46)54(75)50(55(2,3)4)64-48(72)9-7-23-67-24-26-68(27-25-67)47-21-12-36(30-61-47)8-6-22-60-52(73)39-15-20-45-43(28-39)44-33-66(5)65-51(44)70(45)41-18-16-40(17-19-41)56(57,58)59/h10-21,28,30,33-34,42,46,50,71H,7,9,22-27,29,31-32H2,1-5H3,(H,60,73)(H,62,74)(H,64,72). The zero-order valence-corrected chi connectivity index (χ0v) is 43.8. The van der Waals surface area contributed by atoms with Crippen LogP contribution < -0.4 is 20.9 Å². The van der Waals surface area contributed by atoms with Crippen LogP contribution in [0.15, 0.2) is 96.8 Å². The number of pyridine rings is 1. The summed E-state index contributed by atoms with van der Waals surface area (Å²) >= 11 is 1.57. The van der Waals surface area contributed by atoms with Crippen molar-refractivity contribution in [2.75, 3.05) is 50.7 Å². The van der Waals surface area contributed by atoms with Gasteiger partial charge < -0.3 is 30.9 Å². The summed E-state index contributed by atoms with van der Waals surface area (Å²) in [6, 6.07) is 20.0. The number of piperazine rings is 1. The molecule has 2 aliphatic rings. The van der Waals surface area contributed by atoms with Crippen molar-refractivity contribution in [1.82, 2.24) is 50.1 Å². The summed E-state index contributed by atoms with van der Waals surface area (Å²) in [4.78, 5) is 70.2. The number of amides is 4. The molecule has 3 aromatic carbocycles. The van der Waals surface area contributed by atoms with E-state index in [4.69, 9.17) is 0 Å². The summed E-state index contributed by atoms with van der Waals surface area (Å²) in [6.07, 6.45) is -0.887. The molecule has 3 unspecified atom stereocenters. The maximum atomic E-state index is 14.1. The summed E-state index contributed by atoms with van der Waals surface area (Å²) in [6.45, 7) is 11.7. The first-order chi connectivity index (χ1) is 36.3. The van der Waals surface area contributed by atoms with Gasteiger partial charge in [-0.05, 0) is 91.0 Å². The number of carbonyl (C=O) groups excluding carboxylic acids is 4. The predicted octanol–water partition coefficient (Wildman–Crippen LogP) is 6.86. The van der Waals surface area contributed by atoms with Gasteiger partial charge in [0.25, 0.3) is 5.91 Å². The van der Waals surface area contributed by atoms with E-state index in [-0.39, 0.29) is 50.2 Å². The third kappa shape index (κ3) is 12.1. The summed E-state index contributed by atoms with van der Waals surface area (Å²) in [7, 11) is 1.76. The summed E-state index contributed by atoms with van der Waals surface area (Å²) in [5, 5.41) is 25.4. The normalized spacial score (nSPS) is 16.6. The molecule has 20 heteroatoms. The second kappa shape index (κ2) is 22.3. The second-order valence-corrected chi connectivity index (χ2v) is 21.3. The van der Waals surface area contributed by atoms with Crippen LogP contribution in [-0.2, 0) is 34.2 Å². The van der Waals surface area contributed by atoms with Gasteiger partial charge in [-0.15, -0.1) is 11.3 Å². The quantitative estimate of drug-likeness (QED) is 0.0841. The lowest BCUT2D eigenvalue weighted by atomic mass is 9.85. The molecule has 396 valence electrons. The first-order valence-electron chi connectivity index (χ1n) is 25.2. The van der Waals surface area contributed by atoms with Crippen molar-refractivity contribution in [1.29, 1.82) is 0 Å². The lowest BCUT2D eigenvalue weighted by Gasteiger charge is -2.36. The van der Waals surface area contributed by atoms with Crippen molar-refractivity contribution in [2.24, 2.45) is 12.5 Å². The van der Waals surface area contributed by atoms with E-state index in [1.807, 2.05) is 75.8 Å². The maximum absolute atomic E-state index is 14.1. The average molecular weight is 1060 g/mol. The Balaban J connectivity index is 0.708. The van der Waals surface area contributed by atoms with Gasteiger partial charge in [0.1, 0.15) is 17.9 Å². The number of nitrogens with zero attached hydrogens (tertiary/aromatic N) is 8. The van der Waals surface area contributed by atoms with E-state index < -0.39 is 41.2 Å². The number of benzene rings is 3. The lowest BCUT2D eigenvalue weighted by molar-refractivity contribution is -0.144. The number of aryl methyl sites for hydroxylation is 2. The van der Waals surface area contributed by atoms with Crippen molar-refractivity contribution in [3.8, 4) is 28.0 Å². The number of hydrogen-bond donors (Lipinski definition) is 4. The summed E-state index contributed by atoms with van der Waals surface area (Å²) in [5.74, 6) is 5.53. The number of nitrogens with one attached hydrogen (secondary N) is 3. The highest BCUT2D eigenvalue weighted by Gasteiger charge is 2.44. The molecule has 76 heavy (non-hydrogen) atoms. The monoisotopic (exact) mass is 1060 g/mol. The molecule has 7 aromatic rings. The molecule has 2 saturated heterocycles. The van der Waals surface area contributed by atoms with Crippen molar-refractivity contribution in [2.45, 2.75) is 77.9 Å². The highest BCUT2D eigenvalue weighted by molar-refractivity contribution is 7.13. The Labute approximate surface area is 442 Å². The van der Waals surface area contributed by atoms with E-state index >= 15 is 0 Å². The van der Waals surface area contributed by atoms with Gasteiger partial charge in [0, 0.05) is 99.1 Å². The number of rotatable bonds is 14. The first kappa shape index (κ1) is 53.2. The third-order valence-electron chi connectivity index (χ3n) is 13.9. The Bertz CT molecular complexity index is 3310. The van der Waals surface area contributed by atoms with E-state index in [9.17, 15) is 37.5 Å². The maximum Gasteiger partial charge on any atom is 0.416 e. The van der Waals surface area contributed by atoms with Gasteiger partial charge >= 0.3 is 6.18 Å². The Morgan fingerprint density at radius 3 is 2.33 bits per heavy atom. The lowest BCUT2D eigenvalue weighted by Crippen LogP contribution is -2.57. The van der Waals surface area contributed by atoms with Crippen molar-refractivity contribution >= 4 is 62.7 Å². The topological polar surface area (TPSA) is 183 Å². The number of fused-ring (bicyclic) bond motifs is 3. The molecule has 2 fully saturated rings. The fourth-order valence-corrected chi connectivity index (χ4v) is 10.6. The van der Waals surface area contributed by atoms with E-state index in [0.717, 1.165) is 76.6 Å². The van der Waals surface area contributed by atoms with Gasteiger partial charge in [0.2, 0.25) is 17.7 Å². The smallest absolute Gasteiger partial charge is 0.391 e. The highest BCUT2D eigenvalue weighted by Crippen LogP contribution is 2.35. The Morgan fingerprint density at radius 2 is 1.66 bits per heavy atom. The molecule has 2 aliphatic heterocycles. The molecule has 0 spiro atoms. The summed E-state index contributed by atoms with van der Waals surface area (Å²) in [5.41, 5.74) is 6.16. The number of β-amino-alcohol motifs (C(OH)–C–C–N with tert-alkyl or cyclic N) is 1. The number of anilines is 1. The Hall–Kier alpha value is -7.60. The number of thiazole rings is 1. The molecular weight excluding hydrogens is 996 g/mol. The molecule has 4 aromatic heterocycles. The minimum atomic E-state index is -4.46. The van der Waals surface area contributed by atoms with E-state index in [1.165, 1.54) is 17.0 Å². The predicted molar refractivity (Wildman–Crippen MR) is 286 cm³/mol. The van der Waals surface area contributed by atoms with Gasteiger partial charge in [0.15, 0.2) is 5.65 Å². The number of aliphatic hydroxyl groups is 1. The van der Waals surface area contributed by atoms with Gasteiger partial charge in [0.05, 0.1) is 39.8 Å². The molecule has 4 N–H and O–H groups in total. The van der Waals surface area contributed by atoms with Crippen molar-refractivity contribution in [3.63, 3.8) is 0 Å². The van der Waals surface area contributed by atoms with Gasteiger partial charge in [-0.2, -0.15) is 18.3 Å². The molecule has 16 nitrogen and oxygen atoms in total. The van der Waals surface area contributed by atoms with Gasteiger partial charge in [-0.3, -0.25) is 33.3 Å². The largest absolute Gasteiger partial charge is 0.416 e. The number of aromatic nitrogens is 5. The number of carbonyl (C=O) groups is 4. The van der Waals surface area contributed by atoms with Crippen molar-refractivity contribution in [3.05, 3.63) is 125 Å². The van der Waals surface area contributed by atoms with E-state index in [2.05, 4.69) is 52.7 Å². The Kier molecular flexibility index (Phi) is 15.6. The van der Waals surface area contributed by atoms with E-state index in [1.54, 1.807) is 52.0 Å². The fourth-order valence-electron chi connectivity index (χ4n) is 9.79. The molecule has 6 heterocycles. The molecule has 0 aliphatic carbocycles. The highest BCUT2D eigenvalue weighted by atomic mass is 32.1. The van der Waals surface area contributed by atoms with Crippen LogP contribution in [0.4, 0.5) is 19.0 Å². The molecule has 0 radical (unpaired) electrons.